The lowest BCUT2D eigenvalue weighted by Crippen LogP contribution is -2.46. The standard InChI is InChI=1S/C18H15NO4/c1-23-18(22)15(11-12-7-3-2-4-8-12)19-16(20)13-9-5-6-10-14(13)17(19)21/h2-10,15H,11H2,1H3/t15-/m1/s1/i11D/t11-,15+/m0. The molecule has 0 aromatic heterocycles. The summed E-state index contributed by atoms with van der Waals surface area (Å²) in [6.07, 6.45) is -1.14. The molecule has 0 radical (unpaired) electrons. The van der Waals surface area contributed by atoms with Gasteiger partial charge in [-0.3, -0.25) is 14.5 Å². The lowest BCUT2D eigenvalue weighted by atomic mass is 10.0. The topological polar surface area (TPSA) is 63.7 Å². The van der Waals surface area contributed by atoms with E-state index in [4.69, 9.17) is 6.11 Å². The monoisotopic (exact) mass is 310 g/mol. The molecule has 2 aromatic carbocycles. The first kappa shape index (κ1) is 13.7. The molecule has 0 bridgehead atoms. The van der Waals surface area contributed by atoms with Gasteiger partial charge in [0.05, 0.1) is 18.2 Å². The number of amides is 2. The van der Waals surface area contributed by atoms with Crippen molar-refractivity contribution in [3.8, 4) is 0 Å². The molecule has 5 nitrogen and oxygen atoms in total. The Kier molecular flexibility index (Phi) is 3.60. The number of carbonyl (C=O) groups is 3. The summed E-state index contributed by atoms with van der Waals surface area (Å²) in [5, 5.41) is 0. The first-order valence-corrected chi connectivity index (χ1v) is 7.08. The smallest absolute Gasteiger partial charge is 0.329 e. The zero-order valence-corrected chi connectivity index (χ0v) is 12.4. The van der Waals surface area contributed by atoms with E-state index in [-0.39, 0.29) is 11.1 Å². The highest BCUT2D eigenvalue weighted by Gasteiger charge is 2.43. The summed E-state index contributed by atoms with van der Waals surface area (Å²) < 4.78 is 13.2. The number of hydrogen-bond acceptors (Lipinski definition) is 4. The van der Waals surface area contributed by atoms with Gasteiger partial charge in [0.15, 0.2) is 0 Å². The molecule has 3 rings (SSSR count). The lowest BCUT2D eigenvalue weighted by Gasteiger charge is -2.24. The number of esters is 1. The van der Waals surface area contributed by atoms with Gasteiger partial charge in [0.25, 0.3) is 11.8 Å². The fraction of sp³-hybridized carbons (Fsp3) is 0.167. The maximum atomic E-state index is 12.6. The minimum Gasteiger partial charge on any atom is -0.467 e. The van der Waals surface area contributed by atoms with Gasteiger partial charge >= 0.3 is 5.97 Å². The van der Waals surface area contributed by atoms with E-state index in [9.17, 15) is 14.4 Å². The summed E-state index contributed by atoms with van der Waals surface area (Å²) in [6.45, 7) is 0. The van der Waals surface area contributed by atoms with Crippen LogP contribution in [0.3, 0.4) is 0 Å². The second-order valence-electron chi connectivity index (χ2n) is 5.07. The molecule has 2 amide bonds. The number of imide groups is 1. The Morgan fingerprint density at radius 1 is 1.04 bits per heavy atom. The molecule has 0 saturated carbocycles. The second-order valence-corrected chi connectivity index (χ2v) is 5.07. The summed E-state index contributed by atoms with van der Waals surface area (Å²) in [5.74, 6) is -1.97. The number of rotatable bonds is 4. The van der Waals surface area contributed by atoms with Crippen LogP contribution in [0.1, 0.15) is 27.7 Å². The molecule has 23 heavy (non-hydrogen) atoms. The van der Waals surface area contributed by atoms with Crippen molar-refractivity contribution in [1.82, 2.24) is 4.90 Å². The van der Waals surface area contributed by atoms with Gasteiger partial charge in [0.2, 0.25) is 0 Å². The van der Waals surface area contributed by atoms with Gasteiger partial charge in [-0.05, 0) is 17.7 Å². The molecule has 2 atom stereocenters. The third-order valence-electron chi connectivity index (χ3n) is 3.70. The molecule has 0 saturated heterocycles. The van der Waals surface area contributed by atoms with Crippen LogP contribution >= 0.6 is 0 Å². The molecule has 2 aromatic rings. The third-order valence-corrected chi connectivity index (χ3v) is 3.70. The SMILES string of the molecule is [2H][C@@H](c1ccccc1)[C@H](C(=O)OC)N1C(=O)c2ccccc2C1=O. The van der Waals surface area contributed by atoms with E-state index >= 15 is 0 Å². The van der Waals surface area contributed by atoms with Crippen molar-refractivity contribution in [2.75, 3.05) is 7.11 Å². The van der Waals surface area contributed by atoms with Crippen LogP contribution < -0.4 is 0 Å². The van der Waals surface area contributed by atoms with Gasteiger partial charge in [-0.15, -0.1) is 0 Å². The highest BCUT2D eigenvalue weighted by Crippen LogP contribution is 2.26. The van der Waals surface area contributed by atoms with Crippen molar-refractivity contribution in [3.05, 3.63) is 71.3 Å². The van der Waals surface area contributed by atoms with Crippen LogP contribution in [0.4, 0.5) is 0 Å². The number of hydrogen-bond donors (Lipinski definition) is 0. The van der Waals surface area contributed by atoms with Crippen LogP contribution in [-0.4, -0.2) is 35.8 Å². The maximum absolute atomic E-state index is 12.6. The fourth-order valence-electron chi connectivity index (χ4n) is 2.58. The summed E-state index contributed by atoms with van der Waals surface area (Å²) in [4.78, 5) is 38.3. The van der Waals surface area contributed by atoms with Gasteiger partial charge in [-0.2, -0.15) is 0 Å². The maximum Gasteiger partial charge on any atom is 0.329 e. The third kappa shape index (κ3) is 2.61. The average Bonchev–Trinajstić information content (AvgIpc) is 2.88. The Bertz CT molecular complexity index is 771. The number of benzene rings is 2. The van der Waals surface area contributed by atoms with Gasteiger partial charge in [-0.1, -0.05) is 42.5 Å². The van der Waals surface area contributed by atoms with Crippen LogP contribution in [0.5, 0.6) is 0 Å². The van der Waals surface area contributed by atoms with Crippen molar-refractivity contribution in [2.24, 2.45) is 0 Å². The van der Waals surface area contributed by atoms with Gasteiger partial charge < -0.3 is 4.74 Å². The van der Waals surface area contributed by atoms with Crippen LogP contribution in [0.25, 0.3) is 0 Å². The summed E-state index contributed by atoms with van der Waals surface area (Å²) in [5.41, 5.74) is 0.984. The van der Waals surface area contributed by atoms with Crippen LogP contribution in [0.15, 0.2) is 54.6 Å². The molecule has 5 heteroatoms. The van der Waals surface area contributed by atoms with Gasteiger partial charge in [-0.25, -0.2) is 4.79 Å². The first-order valence-electron chi connectivity index (χ1n) is 7.66. The lowest BCUT2D eigenvalue weighted by molar-refractivity contribution is -0.145. The van der Waals surface area contributed by atoms with E-state index in [0.29, 0.717) is 5.56 Å². The van der Waals surface area contributed by atoms with E-state index < -0.39 is 30.2 Å². The molecule has 116 valence electrons. The number of nitrogens with zero attached hydrogens (tertiary/aromatic N) is 1. The molecular weight excluding hydrogens is 294 g/mol. The van der Waals surface area contributed by atoms with Crippen LogP contribution in [0.2, 0.25) is 0 Å². The Labute approximate surface area is 134 Å². The van der Waals surface area contributed by atoms with Crippen molar-refractivity contribution >= 4 is 17.8 Å². The number of ether oxygens (including phenoxy) is 1. The van der Waals surface area contributed by atoms with Crippen LogP contribution in [0, 0.1) is 0 Å². The molecule has 0 aliphatic carbocycles. The molecule has 0 fully saturated rings. The number of methoxy groups -OCH3 is 1. The van der Waals surface area contributed by atoms with E-state index in [0.717, 1.165) is 4.90 Å². The van der Waals surface area contributed by atoms with Gasteiger partial charge in [0, 0.05) is 7.77 Å². The average molecular weight is 310 g/mol. The number of carbonyl (C=O) groups excluding carboxylic acids is 3. The quantitative estimate of drug-likeness (QED) is 0.640. The first-order chi connectivity index (χ1) is 11.6. The molecule has 1 aliphatic rings. The van der Waals surface area contributed by atoms with E-state index in [1.54, 1.807) is 42.5 Å². The van der Waals surface area contributed by atoms with Crippen molar-refractivity contribution in [3.63, 3.8) is 0 Å². The van der Waals surface area contributed by atoms with Gasteiger partial charge in [0.1, 0.15) is 6.04 Å². The largest absolute Gasteiger partial charge is 0.467 e. The van der Waals surface area contributed by atoms with Crippen molar-refractivity contribution < 1.29 is 20.5 Å². The molecule has 0 spiro atoms. The Morgan fingerprint density at radius 3 is 2.09 bits per heavy atom. The molecule has 1 heterocycles. The minimum atomic E-state index is -1.34. The molecule has 0 N–H and O–H groups in total. The molecule has 0 unspecified atom stereocenters. The minimum absolute atomic E-state index is 0.233. The fourth-order valence-corrected chi connectivity index (χ4v) is 2.58. The highest BCUT2D eigenvalue weighted by molar-refractivity contribution is 6.22. The Balaban J connectivity index is 2.04. The normalized spacial score (nSPS) is 16.6. The van der Waals surface area contributed by atoms with Crippen LogP contribution in [-0.2, 0) is 15.9 Å². The van der Waals surface area contributed by atoms with E-state index in [1.807, 2.05) is 0 Å². The van der Waals surface area contributed by atoms with Crippen molar-refractivity contribution in [1.29, 1.82) is 0 Å². The summed E-state index contributed by atoms with van der Waals surface area (Å²) in [7, 11) is 1.17. The van der Waals surface area contributed by atoms with E-state index in [2.05, 4.69) is 0 Å². The zero-order valence-electron chi connectivity index (χ0n) is 13.4. The summed E-state index contributed by atoms with van der Waals surface area (Å²) in [6, 6.07) is 13.6. The zero-order chi connectivity index (χ0) is 17.3. The second kappa shape index (κ2) is 6.04. The van der Waals surface area contributed by atoms with Crippen molar-refractivity contribution in [2.45, 2.75) is 12.4 Å². The molecule has 1 aliphatic heterocycles. The Morgan fingerprint density at radius 2 is 1.57 bits per heavy atom. The summed E-state index contributed by atoms with van der Waals surface area (Å²) >= 11 is 0. The highest BCUT2D eigenvalue weighted by atomic mass is 16.5. The Hall–Kier alpha value is -2.95. The predicted octanol–water partition coefficient (Wildman–Crippen LogP) is 2.07. The molecular formula is C18H15NO4. The van der Waals surface area contributed by atoms with E-state index in [1.165, 1.54) is 19.2 Å². The number of fused-ring (bicyclic) bond motifs is 1. The predicted molar refractivity (Wildman–Crippen MR) is 82.9 cm³/mol.